The first-order valence-electron chi connectivity index (χ1n) is 8.80. The van der Waals surface area contributed by atoms with Crippen LogP contribution < -0.4 is 15.2 Å². The number of allylic oxidation sites excluding steroid dienone is 1. The highest BCUT2D eigenvalue weighted by atomic mass is 19.4. The van der Waals surface area contributed by atoms with Crippen LogP contribution in [0.5, 0.6) is 11.5 Å². The smallest absolute Gasteiger partial charge is 0.416 e. The van der Waals surface area contributed by atoms with Crippen LogP contribution in [-0.2, 0) is 12.7 Å². The average molecular weight is 431 g/mol. The fourth-order valence-electron chi connectivity index (χ4n) is 2.75. The summed E-state index contributed by atoms with van der Waals surface area (Å²) < 4.78 is 50.3. The van der Waals surface area contributed by atoms with Gasteiger partial charge in [-0.1, -0.05) is 6.07 Å². The van der Waals surface area contributed by atoms with Crippen molar-refractivity contribution in [2.24, 2.45) is 0 Å². The van der Waals surface area contributed by atoms with Gasteiger partial charge in [0.15, 0.2) is 11.5 Å². The molecular formula is C20H16F3N5O3. The summed E-state index contributed by atoms with van der Waals surface area (Å²) in [4.78, 5) is 12.5. The van der Waals surface area contributed by atoms with Gasteiger partial charge in [-0.25, -0.2) is 4.79 Å². The summed E-state index contributed by atoms with van der Waals surface area (Å²) in [5.41, 5.74) is -0.590. The van der Waals surface area contributed by atoms with Gasteiger partial charge in [0, 0.05) is 0 Å². The summed E-state index contributed by atoms with van der Waals surface area (Å²) in [5.74, 6) is 0.993. The van der Waals surface area contributed by atoms with E-state index in [-0.39, 0.29) is 17.8 Å². The van der Waals surface area contributed by atoms with Crippen LogP contribution in [0, 0.1) is 11.3 Å². The number of aromatic nitrogens is 4. The number of rotatable bonds is 6. The number of ether oxygens (including phenoxy) is 2. The Bertz CT molecular complexity index is 1200. The van der Waals surface area contributed by atoms with Crippen molar-refractivity contribution in [1.82, 2.24) is 19.8 Å². The van der Waals surface area contributed by atoms with Crippen LogP contribution >= 0.6 is 0 Å². The zero-order chi connectivity index (χ0) is 22.6. The molecule has 0 bridgehead atoms. The zero-order valence-corrected chi connectivity index (χ0v) is 16.4. The molecule has 1 aromatic heterocycles. The number of hydrogen-bond acceptors (Lipinski definition) is 6. The van der Waals surface area contributed by atoms with E-state index in [4.69, 9.17) is 9.47 Å². The minimum atomic E-state index is -4.49. The number of hydrogen-bond donors (Lipinski definition) is 0. The molecule has 0 saturated heterocycles. The van der Waals surface area contributed by atoms with Crippen LogP contribution in [0.15, 0.2) is 52.8 Å². The zero-order valence-electron chi connectivity index (χ0n) is 16.4. The molecule has 0 N–H and O–H groups in total. The topological polar surface area (TPSA) is 95.0 Å². The minimum Gasteiger partial charge on any atom is -0.493 e. The van der Waals surface area contributed by atoms with Crippen molar-refractivity contribution in [3.8, 4) is 23.3 Å². The second kappa shape index (κ2) is 8.74. The summed E-state index contributed by atoms with van der Waals surface area (Å²) in [5, 5.41) is 16.8. The molecule has 0 aliphatic carbocycles. The van der Waals surface area contributed by atoms with E-state index >= 15 is 0 Å². The molecule has 0 fully saturated rings. The molecule has 1 heterocycles. The van der Waals surface area contributed by atoms with Gasteiger partial charge in [-0.05, 0) is 58.5 Å². The summed E-state index contributed by atoms with van der Waals surface area (Å²) in [7, 11) is 2.98. The molecule has 0 unspecified atom stereocenters. The third kappa shape index (κ3) is 4.75. The molecule has 2 aromatic carbocycles. The van der Waals surface area contributed by atoms with Crippen molar-refractivity contribution in [3.63, 3.8) is 0 Å². The Hall–Kier alpha value is -4.07. The Morgan fingerprint density at radius 3 is 2.35 bits per heavy atom. The van der Waals surface area contributed by atoms with Gasteiger partial charge in [0.05, 0.1) is 43.7 Å². The fourth-order valence-corrected chi connectivity index (χ4v) is 2.75. The van der Waals surface area contributed by atoms with E-state index < -0.39 is 17.4 Å². The normalized spacial score (nSPS) is 11.8. The number of methoxy groups -OCH3 is 2. The molecule has 31 heavy (non-hydrogen) atoms. The van der Waals surface area contributed by atoms with Crippen LogP contribution in [0.4, 0.5) is 13.2 Å². The van der Waals surface area contributed by atoms with Crippen LogP contribution in [0.1, 0.15) is 11.1 Å². The van der Waals surface area contributed by atoms with Gasteiger partial charge < -0.3 is 9.47 Å². The predicted octanol–water partition coefficient (Wildman–Crippen LogP) is 3.07. The van der Waals surface area contributed by atoms with Crippen molar-refractivity contribution in [2.75, 3.05) is 14.2 Å². The SMILES string of the molecule is COc1ccc(/C=C(\C#N)Cn2nnn(-c3ccc(C(F)(F)F)cc3)c2=O)cc1OC. The quantitative estimate of drug-likeness (QED) is 0.557. The van der Waals surface area contributed by atoms with E-state index in [0.717, 1.165) is 33.6 Å². The lowest BCUT2D eigenvalue weighted by Crippen LogP contribution is -2.25. The second-order valence-electron chi connectivity index (χ2n) is 6.27. The van der Waals surface area contributed by atoms with E-state index in [1.165, 1.54) is 14.2 Å². The van der Waals surface area contributed by atoms with Gasteiger partial charge >= 0.3 is 11.9 Å². The molecule has 0 amide bonds. The van der Waals surface area contributed by atoms with Gasteiger partial charge in [-0.3, -0.25) is 0 Å². The highest BCUT2D eigenvalue weighted by molar-refractivity contribution is 5.60. The van der Waals surface area contributed by atoms with E-state index in [2.05, 4.69) is 10.4 Å². The lowest BCUT2D eigenvalue weighted by atomic mass is 10.1. The molecule has 0 saturated carbocycles. The molecule has 0 aliphatic heterocycles. The summed E-state index contributed by atoms with van der Waals surface area (Å²) in [6.45, 7) is -0.176. The third-order valence-corrected chi connectivity index (χ3v) is 4.29. The molecule has 0 aliphatic rings. The molecule has 160 valence electrons. The van der Waals surface area contributed by atoms with Crippen LogP contribution in [0.2, 0.25) is 0 Å². The molecule has 3 rings (SSSR count). The van der Waals surface area contributed by atoms with Gasteiger partial charge in [0.2, 0.25) is 0 Å². The maximum atomic E-state index is 12.7. The van der Waals surface area contributed by atoms with Gasteiger partial charge in [-0.2, -0.15) is 27.8 Å². The lowest BCUT2D eigenvalue weighted by Gasteiger charge is -2.08. The fraction of sp³-hybridized carbons (Fsp3) is 0.200. The van der Waals surface area contributed by atoms with Crippen LogP contribution in [0.3, 0.4) is 0 Å². The molecular weight excluding hydrogens is 415 g/mol. The largest absolute Gasteiger partial charge is 0.493 e. The molecule has 0 radical (unpaired) electrons. The first kappa shape index (κ1) is 21.6. The van der Waals surface area contributed by atoms with Crippen molar-refractivity contribution in [3.05, 3.63) is 69.6 Å². The first-order valence-corrected chi connectivity index (χ1v) is 8.80. The molecule has 0 atom stereocenters. The van der Waals surface area contributed by atoms with Crippen molar-refractivity contribution in [2.45, 2.75) is 12.7 Å². The average Bonchev–Trinajstić information content (AvgIpc) is 3.12. The number of tetrazole rings is 1. The van der Waals surface area contributed by atoms with Gasteiger partial charge in [0.25, 0.3) is 0 Å². The monoisotopic (exact) mass is 431 g/mol. The van der Waals surface area contributed by atoms with Crippen molar-refractivity contribution in [1.29, 1.82) is 5.26 Å². The number of nitriles is 1. The molecule has 8 nitrogen and oxygen atoms in total. The standard InChI is InChI=1S/C20H16F3N5O3/c1-30-17-8-3-13(10-18(17)31-2)9-14(11-24)12-27-19(29)28(26-25-27)16-6-4-15(5-7-16)20(21,22)23/h3-10H,12H2,1-2H3/b14-9+. The van der Waals surface area contributed by atoms with E-state index in [0.29, 0.717) is 17.1 Å². The second-order valence-corrected chi connectivity index (χ2v) is 6.27. The van der Waals surface area contributed by atoms with E-state index in [9.17, 15) is 23.2 Å². The Morgan fingerprint density at radius 1 is 1.10 bits per heavy atom. The van der Waals surface area contributed by atoms with E-state index in [1.54, 1.807) is 24.3 Å². The Labute approximate surface area is 174 Å². The highest BCUT2D eigenvalue weighted by Crippen LogP contribution is 2.30. The molecule has 0 spiro atoms. The number of halogens is 3. The summed E-state index contributed by atoms with van der Waals surface area (Å²) in [6, 6.07) is 11.0. The maximum Gasteiger partial charge on any atom is 0.416 e. The lowest BCUT2D eigenvalue weighted by molar-refractivity contribution is -0.137. The Balaban J connectivity index is 1.86. The van der Waals surface area contributed by atoms with Crippen molar-refractivity contribution < 1.29 is 22.6 Å². The van der Waals surface area contributed by atoms with Crippen LogP contribution in [-0.4, -0.2) is 34.0 Å². The number of nitrogens with zero attached hydrogens (tertiary/aromatic N) is 5. The van der Waals surface area contributed by atoms with Gasteiger partial charge in [0.1, 0.15) is 0 Å². The number of alkyl halides is 3. The first-order chi connectivity index (χ1) is 14.8. The third-order valence-electron chi connectivity index (χ3n) is 4.29. The molecule has 11 heteroatoms. The summed E-state index contributed by atoms with van der Waals surface area (Å²) >= 11 is 0. The Kier molecular flexibility index (Phi) is 6.10. The maximum absolute atomic E-state index is 12.7. The molecule has 3 aromatic rings. The number of benzene rings is 2. The van der Waals surface area contributed by atoms with Crippen LogP contribution in [0.25, 0.3) is 11.8 Å². The predicted molar refractivity (Wildman–Crippen MR) is 104 cm³/mol. The highest BCUT2D eigenvalue weighted by Gasteiger charge is 2.30. The van der Waals surface area contributed by atoms with Gasteiger partial charge in [-0.15, -0.1) is 0 Å². The summed E-state index contributed by atoms with van der Waals surface area (Å²) in [6.07, 6.45) is -2.94. The minimum absolute atomic E-state index is 0.117. The Morgan fingerprint density at radius 2 is 1.77 bits per heavy atom. The van der Waals surface area contributed by atoms with Crippen molar-refractivity contribution >= 4 is 6.08 Å². The van der Waals surface area contributed by atoms with E-state index in [1.807, 2.05) is 6.07 Å².